The molecule has 2 N–H and O–H groups in total. The maximum Gasteiger partial charge on any atom is 0.0537 e. The molecule has 1 aliphatic heterocycles. The van der Waals surface area contributed by atoms with Gasteiger partial charge in [-0.2, -0.15) is 5.10 Å². The average molecular weight is 251 g/mol. The molecule has 2 rings (SSSR count). The minimum atomic E-state index is 0.0734. The largest absolute Gasteiger partial charge is 0.323 e. The van der Waals surface area contributed by atoms with Crippen LogP contribution in [0, 0.1) is 0 Å². The summed E-state index contributed by atoms with van der Waals surface area (Å²) in [6.07, 6.45) is 3.88. The van der Waals surface area contributed by atoms with E-state index in [-0.39, 0.29) is 6.04 Å². The minimum absolute atomic E-state index is 0.0734. The van der Waals surface area contributed by atoms with E-state index in [2.05, 4.69) is 28.7 Å². The van der Waals surface area contributed by atoms with Crippen LogP contribution >= 0.6 is 0 Å². The Bertz CT molecular complexity index is 365. The van der Waals surface area contributed by atoms with E-state index in [9.17, 15) is 0 Å². The molecule has 1 atom stereocenters. The Balaban J connectivity index is 1.81. The van der Waals surface area contributed by atoms with E-state index in [0.717, 1.165) is 38.3 Å². The number of rotatable bonds is 4. The average Bonchev–Trinajstić information content (AvgIpc) is 2.76. The van der Waals surface area contributed by atoms with Crippen LogP contribution in [0.2, 0.25) is 0 Å². The van der Waals surface area contributed by atoms with E-state index in [1.165, 1.54) is 0 Å². The Morgan fingerprint density at radius 3 is 2.44 bits per heavy atom. The molecule has 1 fully saturated rings. The Labute approximate surface area is 110 Å². The molecule has 0 radical (unpaired) electrons. The molecule has 102 valence electrons. The van der Waals surface area contributed by atoms with Crippen LogP contribution in [-0.4, -0.2) is 58.3 Å². The SMILES string of the molecule is CC(C)N1CCN(CC(N)c2cnn(C)c2)CC1. The molecule has 5 nitrogen and oxygen atoms in total. The van der Waals surface area contributed by atoms with Crippen molar-refractivity contribution >= 4 is 0 Å². The van der Waals surface area contributed by atoms with Gasteiger partial charge in [-0.25, -0.2) is 0 Å². The van der Waals surface area contributed by atoms with Crippen LogP contribution in [0.3, 0.4) is 0 Å². The van der Waals surface area contributed by atoms with Crippen molar-refractivity contribution in [3.05, 3.63) is 18.0 Å². The first-order chi connectivity index (χ1) is 8.56. The smallest absolute Gasteiger partial charge is 0.0537 e. The lowest BCUT2D eigenvalue weighted by Crippen LogP contribution is -2.50. The maximum atomic E-state index is 6.23. The molecule has 18 heavy (non-hydrogen) atoms. The number of nitrogens with two attached hydrogens (primary N) is 1. The predicted molar refractivity (Wildman–Crippen MR) is 73.3 cm³/mol. The topological polar surface area (TPSA) is 50.3 Å². The van der Waals surface area contributed by atoms with Gasteiger partial charge in [0.25, 0.3) is 0 Å². The number of hydrogen-bond acceptors (Lipinski definition) is 4. The fraction of sp³-hybridized carbons (Fsp3) is 0.769. The van der Waals surface area contributed by atoms with Gasteiger partial charge in [-0.15, -0.1) is 0 Å². The first-order valence-corrected chi connectivity index (χ1v) is 6.77. The molecule has 2 heterocycles. The van der Waals surface area contributed by atoms with Crippen LogP contribution in [0.5, 0.6) is 0 Å². The van der Waals surface area contributed by atoms with Gasteiger partial charge in [-0.1, -0.05) is 0 Å². The molecule has 0 saturated carbocycles. The zero-order valence-electron chi connectivity index (χ0n) is 11.7. The first-order valence-electron chi connectivity index (χ1n) is 6.77. The van der Waals surface area contributed by atoms with E-state index in [1.54, 1.807) is 0 Å². The van der Waals surface area contributed by atoms with Crippen molar-refractivity contribution in [2.75, 3.05) is 32.7 Å². The zero-order valence-corrected chi connectivity index (χ0v) is 11.7. The number of piperazine rings is 1. The molecule has 0 spiro atoms. The summed E-state index contributed by atoms with van der Waals surface area (Å²) in [5.41, 5.74) is 7.35. The zero-order chi connectivity index (χ0) is 13.1. The van der Waals surface area contributed by atoms with Crippen molar-refractivity contribution in [2.45, 2.75) is 25.9 Å². The van der Waals surface area contributed by atoms with Crippen LogP contribution in [0.4, 0.5) is 0 Å². The highest BCUT2D eigenvalue weighted by molar-refractivity contribution is 5.10. The quantitative estimate of drug-likeness (QED) is 0.844. The number of aryl methyl sites for hydroxylation is 1. The van der Waals surface area contributed by atoms with Gasteiger partial charge in [-0.05, 0) is 13.8 Å². The molecular weight excluding hydrogens is 226 g/mol. The van der Waals surface area contributed by atoms with Crippen molar-refractivity contribution in [1.29, 1.82) is 0 Å². The van der Waals surface area contributed by atoms with Crippen molar-refractivity contribution in [3.8, 4) is 0 Å². The highest BCUT2D eigenvalue weighted by Crippen LogP contribution is 2.13. The lowest BCUT2D eigenvalue weighted by molar-refractivity contribution is 0.104. The van der Waals surface area contributed by atoms with Crippen LogP contribution in [0.15, 0.2) is 12.4 Å². The monoisotopic (exact) mass is 251 g/mol. The molecule has 1 aromatic heterocycles. The van der Waals surface area contributed by atoms with Gasteiger partial charge in [0.15, 0.2) is 0 Å². The molecule has 0 aliphatic carbocycles. The van der Waals surface area contributed by atoms with Crippen molar-refractivity contribution in [3.63, 3.8) is 0 Å². The fourth-order valence-corrected chi connectivity index (χ4v) is 2.48. The summed E-state index contributed by atoms with van der Waals surface area (Å²) in [5, 5.41) is 4.18. The van der Waals surface area contributed by atoms with Gasteiger partial charge in [-0.3, -0.25) is 14.5 Å². The Morgan fingerprint density at radius 1 is 1.28 bits per heavy atom. The molecule has 1 aromatic rings. The van der Waals surface area contributed by atoms with E-state index in [0.29, 0.717) is 6.04 Å². The molecule has 1 unspecified atom stereocenters. The summed E-state index contributed by atoms with van der Waals surface area (Å²) < 4.78 is 1.81. The summed E-state index contributed by atoms with van der Waals surface area (Å²) in [4.78, 5) is 4.97. The lowest BCUT2D eigenvalue weighted by atomic mass is 10.1. The van der Waals surface area contributed by atoms with Crippen molar-refractivity contribution in [1.82, 2.24) is 19.6 Å². The molecule has 0 aromatic carbocycles. The second-order valence-corrected chi connectivity index (χ2v) is 5.48. The third kappa shape index (κ3) is 3.31. The third-order valence-corrected chi connectivity index (χ3v) is 3.75. The highest BCUT2D eigenvalue weighted by atomic mass is 15.3. The van der Waals surface area contributed by atoms with E-state index < -0.39 is 0 Å². The van der Waals surface area contributed by atoms with Gasteiger partial charge in [0, 0.05) is 63.6 Å². The van der Waals surface area contributed by atoms with E-state index in [1.807, 2.05) is 24.1 Å². The maximum absolute atomic E-state index is 6.23. The second kappa shape index (κ2) is 5.82. The van der Waals surface area contributed by atoms with Crippen LogP contribution in [0.25, 0.3) is 0 Å². The Hall–Kier alpha value is -0.910. The third-order valence-electron chi connectivity index (χ3n) is 3.75. The van der Waals surface area contributed by atoms with Gasteiger partial charge in [0.1, 0.15) is 0 Å². The molecule has 5 heteroatoms. The Kier molecular flexibility index (Phi) is 4.37. The van der Waals surface area contributed by atoms with Crippen LogP contribution < -0.4 is 5.73 Å². The molecule has 1 saturated heterocycles. The Morgan fingerprint density at radius 2 is 1.94 bits per heavy atom. The fourth-order valence-electron chi connectivity index (χ4n) is 2.48. The summed E-state index contributed by atoms with van der Waals surface area (Å²) in [5.74, 6) is 0. The number of hydrogen-bond donors (Lipinski definition) is 1. The predicted octanol–water partition coefficient (Wildman–Crippen LogP) is 0.446. The minimum Gasteiger partial charge on any atom is -0.323 e. The van der Waals surface area contributed by atoms with Gasteiger partial charge < -0.3 is 5.73 Å². The van der Waals surface area contributed by atoms with Gasteiger partial charge in [0.05, 0.1) is 6.20 Å². The summed E-state index contributed by atoms with van der Waals surface area (Å²) in [6, 6.07) is 0.725. The second-order valence-electron chi connectivity index (χ2n) is 5.48. The highest BCUT2D eigenvalue weighted by Gasteiger charge is 2.20. The van der Waals surface area contributed by atoms with Crippen molar-refractivity contribution in [2.24, 2.45) is 12.8 Å². The van der Waals surface area contributed by atoms with Crippen LogP contribution in [0.1, 0.15) is 25.5 Å². The molecule has 0 bridgehead atoms. The van der Waals surface area contributed by atoms with E-state index in [4.69, 9.17) is 5.73 Å². The summed E-state index contributed by atoms with van der Waals surface area (Å²) in [7, 11) is 1.93. The first kappa shape index (κ1) is 13.5. The number of nitrogens with zero attached hydrogens (tertiary/aromatic N) is 4. The molecule has 0 amide bonds. The summed E-state index contributed by atoms with van der Waals surface area (Å²) in [6.45, 7) is 9.98. The van der Waals surface area contributed by atoms with Crippen LogP contribution in [-0.2, 0) is 7.05 Å². The normalized spacial score (nSPS) is 20.5. The lowest BCUT2D eigenvalue weighted by Gasteiger charge is -2.37. The number of aromatic nitrogens is 2. The van der Waals surface area contributed by atoms with Gasteiger partial charge >= 0.3 is 0 Å². The standard InChI is InChI=1S/C13H25N5/c1-11(2)18-6-4-17(5-7-18)10-13(14)12-8-15-16(3)9-12/h8-9,11,13H,4-7,10,14H2,1-3H3. The van der Waals surface area contributed by atoms with Crippen molar-refractivity contribution < 1.29 is 0 Å². The molecule has 1 aliphatic rings. The van der Waals surface area contributed by atoms with E-state index >= 15 is 0 Å². The molecular formula is C13H25N5. The summed E-state index contributed by atoms with van der Waals surface area (Å²) >= 11 is 0. The van der Waals surface area contributed by atoms with Gasteiger partial charge in [0.2, 0.25) is 0 Å².